The van der Waals surface area contributed by atoms with Crippen molar-refractivity contribution in [1.29, 1.82) is 0 Å². The molecule has 0 aliphatic carbocycles. The van der Waals surface area contributed by atoms with Crippen LogP contribution in [0.1, 0.15) is 0 Å². The second kappa shape index (κ2) is 4.16. The molecule has 16 heavy (non-hydrogen) atoms. The molecule has 0 aromatic rings. The molecule has 0 saturated carbocycles. The highest BCUT2D eigenvalue weighted by Crippen LogP contribution is 2.31. The molecule has 0 bridgehead atoms. The van der Waals surface area contributed by atoms with E-state index in [-0.39, 0.29) is 0 Å². The fourth-order valence-corrected chi connectivity index (χ4v) is 2.03. The summed E-state index contributed by atoms with van der Waals surface area (Å²) in [6.45, 7) is -0.928. The van der Waals surface area contributed by atoms with Gasteiger partial charge in [-0.05, 0) is 0 Å². The van der Waals surface area contributed by atoms with E-state index < -0.39 is 46.3 Å². The molecule has 1 fully saturated rings. The van der Waals surface area contributed by atoms with Crippen molar-refractivity contribution >= 4 is 10.1 Å². The van der Waals surface area contributed by atoms with Crippen LogP contribution in [-0.4, -0.2) is 74.6 Å². The van der Waals surface area contributed by atoms with Gasteiger partial charge < -0.3 is 30.3 Å². The van der Waals surface area contributed by atoms with E-state index in [1.54, 1.807) is 0 Å². The van der Waals surface area contributed by atoms with Crippen LogP contribution in [-0.2, 0) is 14.9 Å². The van der Waals surface area contributed by atoms with Crippen molar-refractivity contribution in [2.75, 3.05) is 6.61 Å². The summed E-state index contributed by atoms with van der Waals surface area (Å²) in [5.41, 5.74) is 0. The van der Waals surface area contributed by atoms with Crippen LogP contribution >= 0.6 is 0 Å². The Balaban J connectivity index is 3.14. The second-order valence-corrected chi connectivity index (χ2v) is 4.91. The van der Waals surface area contributed by atoms with Gasteiger partial charge in [0.05, 0.1) is 6.61 Å². The molecule has 1 aliphatic rings. The molecule has 1 unspecified atom stereocenters. The van der Waals surface area contributed by atoms with E-state index in [2.05, 4.69) is 4.74 Å². The van der Waals surface area contributed by atoms with Crippen molar-refractivity contribution in [2.45, 2.75) is 29.5 Å². The minimum Gasteiger partial charge on any atom is -0.394 e. The highest BCUT2D eigenvalue weighted by atomic mass is 32.2. The standard InChI is InChI=1S/C6H12O9S/c7-1-2-3(8)4(9)5(10)6(11,15-2)16(12,13)14/h2-5,7-11H,1H2,(H,12,13,14)/t2-,3+,4-,5+,6?/m1/s1. The van der Waals surface area contributed by atoms with E-state index >= 15 is 0 Å². The van der Waals surface area contributed by atoms with Crippen molar-refractivity contribution in [1.82, 2.24) is 0 Å². The first-order chi connectivity index (χ1) is 7.15. The Morgan fingerprint density at radius 1 is 1.19 bits per heavy atom. The summed E-state index contributed by atoms with van der Waals surface area (Å²) in [6, 6.07) is 0. The van der Waals surface area contributed by atoms with Gasteiger partial charge in [-0.25, -0.2) is 0 Å². The third-order valence-corrected chi connectivity index (χ3v) is 3.37. The monoisotopic (exact) mass is 260 g/mol. The van der Waals surface area contributed by atoms with E-state index in [0.717, 1.165) is 0 Å². The average molecular weight is 260 g/mol. The molecule has 0 spiro atoms. The van der Waals surface area contributed by atoms with Crippen LogP contribution in [0.2, 0.25) is 0 Å². The van der Waals surface area contributed by atoms with Gasteiger partial charge in [0.2, 0.25) is 0 Å². The molecule has 1 rings (SSSR count). The van der Waals surface area contributed by atoms with E-state index in [9.17, 15) is 28.8 Å². The molecular weight excluding hydrogens is 248 g/mol. The van der Waals surface area contributed by atoms with Crippen LogP contribution in [0, 0.1) is 0 Å². The maximum Gasteiger partial charge on any atom is 0.327 e. The summed E-state index contributed by atoms with van der Waals surface area (Å²) >= 11 is 0. The molecule has 1 saturated heterocycles. The first-order valence-electron chi connectivity index (χ1n) is 4.17. The van der Waals surface area contributed by atoms with Gasteiger partial charge in [-0.15, -0.1) is 0 Å². The van der Waals surface area contributed by atoms with Crippen molar-refractivity contribution in [2.24, 2.45) is 0 Å². The molecule has 0 aromatic heterocycles. The number of rotatable bonds is 2. The van der Waals surface area contributed by atoms with Crippen LogP contribution in [0.25, 0.3) is 0 Å². The first kappa shape index (κ1) is 13.7. The molecule has 0 aromatic carbocycles. The number of aliphatic hydroxyl groups is 5. The van der Waals surface area contributed by atoms with Crippen molar-refractivity contribution in [3.05, 3.63) is 0 Å². The van der Waals surface area contributed by atoms with E-state index in [1.165, 1.54) is 0 Å². The summed E-state index contributed by atoms with van der Waals surface area (Å²) in [5.74, 6) is 0. The zero-order chi connectivity index (χ0) is 12.7. The predicted octanol–water partition coefficient (Wildman–Crippen LogP) is -4.01. The zero-order valence-electron chi connectivity index (χ0n) is 7.83. The van der Waals surface area contributed by atoms with Crippen LogP contribution in [0.4, 0.5) is 0 Å². The lowest BCUT2D eigenvalue weighted by Gasteiger charge is -2.42. The topological polar surface area (TPSA) is 165 Å². The van der Waals surface area contributed by atoms with Crippen molar-refractivity contribution in [3.63, 3.8) is 0 Å². The SMILES string of the molecule is O=S(=O)(O)C1(O)O[C@H](CO)[C@H](O)[C@@H](O)[C@@H]1O. The first-order valence-corrected chi connectivity index (χ1v) is 5.61. The Hall–Kier alpha value is -0.330. The Bertz CT molecular complexity index is 351. The highest BCUT2D eigenvalue weighted by Gasteiger charge is 2.60. The Morgan fingerprint density at radius 3 is 2.06 bits per heavy atom. The summed E-state index contributed by atoms with van der Waals surface area (Å²) in [5, 5.41) is 42.2. The molecule has 1 heterocycles. The maximum atomic E-state index is 10.8. The molecule has 5 atom stereocenters. The third-order valence-electron chi connectivity index (χ3n) is 2.30. The van der Waals surface area contributed by atoms with Crippen LogP contribution < -0.4 is 0 Å². The van der Waals surface area contributed by atoms with Crippen molar-refractivity contribution < 1.29 is 43.2 Å². The maximum absolute atomic E-state index is 10.8. The smallest absolute Gasteiger partial charge is 0.327 e. The quantitative estimate of drug-likeness (QED) is 0.271. The minimum absolute atomic E-state index is 0.928. The van der Waals surface area contributed by atoms with E-state index in [4.69, 9.17) is 9.66 Å². The highest BCUT2D eigenvalue weighted by molar-refractivity contribution is 7.86. The summed E-state index contributed by atoms with van der Waals surface area (Å²) in [7, 11) is -5.27. The van der Waals surface area contributed by atoms with Crippen molar-refractivity contribution in [3.8, 4) is 0 Å². The second-order valence-electron chi connectivity index (χ2n) is 3.37. The third kappa shape index (κ3) is 1.94. The van der Waals surface area contributed by atoms with Gasteiger partial charge in [-0.3, -0.25) is 4.55 Å². The van der Waals surface area contributed by atoms with Crippen LogP contribution in [0.3, 0.4) is 0 Å². The van der Waals surface area contributed by atoms with E-state index in [0.29, 0.717) is 0 Å². The summed E-state index contributed by atoms with van der Waals surface area (Å²) in [4.78, 5) is 0. The number of ether oxygens (including phenoxy) is 1. The molecule has 0 amide bonds. The molecular formula is C6H12O9S. The summed E-state index contributed by atoms with van der Waals surface area (Å²) < 4.78 is 34.5. The summed E-state index contributed by atoms with van der Waals surface area (Å²) in [6.07, 6.45) is -8.04. The Kier molecular flexibility index (Phi) is 3.57. The van der Waals surface area contributed by atoms with Gasteiger partial charge in [-0.2, -0.15) is 8.42 Å². The molecule has 9 nitrogen and oxygen atoms in total. The molecule has 10 heteroatoms. The van der Waals surface area contributed by atoms with E-state index in [1.807, 2.05) is 0 Å². The lowest BCUT2D eigenvalue weighted by Crippen LogP contribution is -2.67. The van der Waals surface area contributed by atoms with Gasteiger partial charge >= 0.3 is 15.2 Å². The van der Waals surface area contributed by atoms with Gasteiger partial charge in [0.15, 0.2) is 6.10 Å². The van der Waals surface area contributed by atoms with Gasteiger partial charge in [0.1, 0.15) is 18.3 Å². The zero-order valence-corrected chi connectivity index (χ0v) is 8.65. The largest absolute Gasteiger partial charge is 0.394 e. The predicted molar refractivity (Wildman–Crippen MR) is 46.5 cm³/mol. The molecule has 96 valence electrons. The average Bonchev–Trinajstić information content (AvgIpc) is 2.19. The number of hydrogen-bond acceptors (Lipinski definition) is 8. The Labute approximate surface area is 90.3 Å². The van der Waals surface area contributed by atoms with Gasteiger partial charge in [0, 0.05) is 0 Å². The number of aliphatic hydroxyl groups excluding tert-OH is 4. The van der Waals surface area contributed by atoms with Crippen LogP contribution in [0.5, 0.6) is 0 Å². The van der Waals surface area contributed by atoms with Gasteiger partial charge in [0.25, 0.3) is 0 Å². The minimum atomic E-state index is -5.27. The fourth-order valence-electron chi connectivity index (χ4n) is 1.34. The van der Waals surface area contributed by atoms with Gasteiger partial charge in [-0.1, -0.05) is 0 Å². The molecule has 0 radical (unpaired) electrons. The lowest BCUT2D eigenvalue weighted by molar-refractivity contribution is -0.311. The lowest BCUT2D eigenvalue weighted by atomic mass is 9.99. The fraction of sp³-hybridized carbons (Fsp3) is 1.00. The molecule has 1 aliphatic heterocycles. The normalized spacial score (nSPS) is 45.6. The molecule has 6 N–H and O–H groups in total. The number of hydrogen-bond donors (Lipinski definition) is 6. The Morgan fingerprint density at radius 2 is 1.69 bits per heavy atom. The van der Waals surface area contributed by atoms with Crippen LogP contribution in [0.15, 0.2) is 0 Å².